The van der Waals surface area contributed by atoms with Gasteiger partial charge in [0, 0.05) is 4.47 Å². The molecule has 0 spiro atoms. The molecule has 1 rings (SSSR count). The number of ether oxygens (including phenoxy) is 1. The highest BCUT2D eigenvalue weighted by Crippen LogP contribution is 2.32. The highest BCUT2D eigenvalue weighted by molar-refractivity contribution is 9.10. The van der Waals surface area contributed by atoms with Crippen LogP contribution in [0.5, 0.6) is 11.5 Å². The number of carbonyl (C=O) groups excluding carboxylic acids is 1. The minimum atomic E-state index is -0.100. The van der Waals surface area contributed by atoms with Crippen LogP contribution in [0.15, 0.2) is 16.6 Å². The van der Waals surface area contributed by atoms with E-state index in [9.17, 15) is 9.90 Å². The van der Waals surface area contributed by atoms with Gasteiger partial charge in [-0.25, -0.2) is 0 Å². The zero-order chi connectivity index (χ0) is 10.6. The summed E-state index contributed by atoms with van der Waals surface area (Å²) in [5, 5.41) is 9.56. The summed E-state index contributed by atoms with van der Waals surface area (Å²) in [6, 6.07) is 3.18. The standard InChI is InChI=1S/C10H11BrO3/c1-2-3-14-9-5-8(11)4-7(6-12)10(9)13/h4-6,13H,2-3H2,1H3. The molecule has 1 N–H and O–H groups in total. The van der Waals surface area contributed by atoms with Crippen molar-refractivity contribution in [3.63, 3.8) is 0 Å². The third kappa shape index (κ3) is 2.48. The van der Waals surface area contributed by atoms with Crippen molar-refractivity contribution in [1.29, 1.82) is 0 Å². The molecule has 0 saturated heterocycles. The van der Waals surface area contributed by atoms with E-state index in [0.717, 1.165) is 6.42 Å². The lowest BCUT2D eigenvalue weighted by molar-refractivity contribution is 0.112. The maximum atomic E-state index is 10.6. The number of rotatable bonds is 4. The number of hydrogen-bond donors (Lipinski definition) is 1. The summed E-state index contributed by atoms with van der Waals surface area (Å²) in [7, 11) is 0. The van der Waals surface area contributed by atoms with Crippen molar-refractivity contribution in [1.82, 2.24) is 0 Å². The zero-order valence-corrected chi connectivity index (χ0v) is 9.37. The molecule has 0 atom stereocenters. The molecular weight excluding hydrogens is 248 g/mol. The average Bonchev–Trinajstić information content (AvgIpc) is 2.18. The molecule has 1 aromatic carbocycles. The molecule has 0 bridgehead atoms. The molecule has 0 saturated carbocycles. The number of aromatic hydroxyl groups is 1. The van der Waals surface area contributed by atoms with Crippen molar-refractivity contribution in [2.45, 2.75) is 13.3 Å². The molecule has 0 heterocycles. The summed E-state index contributed by atoms with van der Waals surface area (Å²) in [5.74, 6) is 0.236. The molecule has 76 valence electrons. The van der Waals surface area contributed by atoms with Gasteiger partial charge in [-0.05, 0) is 18.6 Å². The highest BCUT2D eigenvalue weighted by atomic mass is 79.9. The van der Waals surface area contributed by atoms with Crippen LogP contribution >= 0.6 is 15.9 Å². The van der Waals surface area contributed by atoms with Gasteiger partial charge in [-0.15, -0.1) is 0 Å². The van der Waals surface area contributed by atoms with Crippen molar-refractivity contribution in [2.24, 2.45) is 0 Å². The Morgan fingerprint density at radius 1 is 1.57 bits per heavy atom. The minimum absolute atomic E-state index is 0.100. The fraction of sp³-hybridized carbons (Fsp3) is 0.300. The maximum Gasteiger partial charge on any atom is 0.168 e. The number of carbonyl (C=O) groups is 1. The normalized spacial score (nSPS) is 9.86. The Kier molecular flexibility index (Phi) is 3.95. The van der Waals surface area contributed by atoms with E-state index in [1.807, 2.05) is 6.92 Å². The van der Waals surface area contributed by atoms with E-state index in [2.05, 4.69) is 15.9 Å². The summed E-state index contributed by atoms with van der Waals surface area (Å²) in [5.41, 5.74) is 0.227. The molecular formula is C10H11BrO3. The van der Waals surface area contributed by atoms with Crippen LogP contribution in [0.3, 0.4) is 0 Å². The van der Waals surface area contributed by atoms with Crippen LogP contribution < -0.4 is 4.74 Å². The number of aldehydes is 1. The van der Waals surface area contributed by atoms with Crippen molar-refractivity contribution >= 4 is 22.2 Å². The molecule has 0 aliphatic carbocycles. The maximum absolute atomic E-state index is 10.6. The molecule has 0 aliphatic heterocycles. The molecule has 4 heteroatoms. The van der Waals surface area contributed by atoms with Crippen LogP contribution in [0, 0.1) is 0 Å². The number of phenols is 1. The van der Waals surface area contributed by atoms with E-state index >= 15 is 0 Å². The van der Waals surface area contributed by atoms with Gasteiger partial charge >= 0.3 is 0 Å². The van der Waals surface area contributed by atoms with E-state index in [0.29, 0.717) is 23.1 Å². The molecule has 0 fully saturated rings. The summed E-state index contributed by atoms with van der Waals surface area (Å²) >= 11 is 3.23. The summed E-state index contributed by atoms with van der Waals surface area (Å²) < 4.78 is 5.98. The Morgan fingerprint density at radius 3 is 2.86 bits per heavy atom. The van der Waals surface area contributed by atoms with Crippen LogP contribution in [-0.2, 0) is 0 Å². The van der Waals surface area contributed by atoms with E-state index in [1.54, 1.807) is 12.1 Å². The third-order valence-electron chi connectivity index (χ3n) is 1.66. The van der Waals surface area contributed by atoms with Gasteiger partial charge in [0.05, 0.1) is 12.2 Å². The monoisotopic (exact) mass is 258 g/mol. The summed E-state index contributed by atoms with van der Waals surface area (Å²) in [6.45, 7) is 2.48. The zero-order valence-electron chi connectivity index (χ0n) is 7.79. The van der Waals surface area contributed by atoms with E-state index in [-0.39, 0.29) is 11.3 Å². The Morgan fingerprint density at radius 2 is 2.29 bits per heavy atom. The number of phenolic OH excluding ortho intramolecular Hbond substituents is 1. The average molecular weight is 259 g/mol. The number of benzene rings is 1. The van der Waals surface area contributed by atoms with E-state index < -0.39 is 0 Å². The van der Waals surface area contributed by atoms with Gasteiger partial charge in [-0.2, -0.15) is 0 Å². The van der Waals surface area contributed by atoms with Gasteiger partial charge in [-0.3, -0.25) is 4.79 Å². The first-order valence-corrected chi connectivity index (χ1v) is 5.08. The van der Waals surface area contributed by atoms with E-state index in [1.165, 1.54) is 0 Å². The Balaban J connectivity index is 3.02. The van der Waals surface area contributed by atoms with Crippen molar-refractivity contribution in [3.05, 3.63) is 22.2 Å². The predicted octanol–water partition coefficient (Wildman–Crippen LogP) is 2.76. The molecule has 0 aliphatic rings. The second kappa shape index (κ2) is 5.00. The van der Waals surface area contributed by atoms with Crippen LogP contribution in [0.2, 0.25) is 0 Å². The quantitative estimate of drug-likeness (QED) is 0.845. The van der Waals surface area contributed by atoms with Crippen LogP contribution in [-0.4, -0.2) is 18.0 Å². The largest absolute Gasteiger partial charge is 0.504 e. The Hall–Kier alpha value is -1.03. The number of hydrogen-bond acceptors (Lipinski definition) is 3. The Bertz CT molecular complexity index is 336. The van der Waals surface area contributed by atoms with Gasteiger partial charge < -0.3 is 9.84 Å². The number of halogens is 1. The van der Waals surface area contributed by atoms with Crippen LogP contribution in [0.4, 0.5) is 0 Å². The van der Waals surface area contributed by atoms with Crippen LogP contribution in [0.25, 0.3) is 0 Å². The third-order valence-corrected chi connectivity index (χ3v) is 2.12. The van der Waals surface area contributed by atoms with Gasteiger partial charge in [0.25, 0.3) is 0 Å². The summed E-state index contributed by atoms with van der Waals surface area (Å²) in [4.78, 5) is 10.6. The van der Waals surface area contributed by atoms with Crippen LogP contribution in [0.1, 0.15) is 23.7 Å². The van der Waals surface area contributed by atoms with Gasteiger partial charge in [-0.1, -0.05) is 22.9 Å². The smallest absolute Gasteiger partial charge is 0.168 e. The first kappa shape index (κ1) is 11.0. The lowest BCUT2D eigenvalue weighted by atomic mass is 10.2. The molecule has 14 heavy (non-hydrogen) atoms. The molecule has 0 aromatic heterocycles. The first-order valence-electron chi connectivity index (χ1n) is 4.29. The second-order valence-corrected chi connectivity index (χ2v) is 3.72. The SMILES string of the molecule is CCCOc1cc(Br)cc(C=O)c1O. The second-order valence-electron chi connectivity index (χ2n) is 2.81. The molecule has 1 aromatic rings. The molecule has 3 nitrogen and oxygen atoms in total. The highest BCUT2D eigenvalue weighted by Gasteiger charge is 2.09. The predicted molar refractivity (Wildman–Crippen MR) is 57.0 cm³/mol. The fourth-order valence-corrected chi connectivity index (χ4v) is 1.46. The van der Waals surface area contributed by atoms with Crippen molar-refractivity contribution < 1.29 is 14.6 Å². The lowest BCUT2D eigenvalue weighted by Crippen LogP contribution is -1.96. The van der Waals surface area contributed by atoms with Crippen molar-refractivity contribution in [3.8, 4) is 11.5 Å². The summed E-state index contributed by atoms with van der Waals surface area (Å²) in [6.07, 6.45) is 1.45. The fourth-order valence-electron chi connectivity index (χ4n) is 1.01. The van der Waals surface area contributed by atoms with Gasteiger partial charge in [0.2, 0.25) is 0 Å². The molecule has 0 unspecified atom stereocenters. The molecule has 0 radical (unpaired) electrons. The van der Waals surface area contributed by atoms with Gasteiger partial charge in [0.1, 0.15) is 0 Å². The molecule has 0 amide bonds. The Labute approximate surface area is 90.8 Å². The first-order chi connectivity index (χ1) is 6.69. The lowest BCUT2D eigenvalue weighted by Gasteiger charge is -2.08. The topological polar surface area (TPSA) is 46.5 Å². The van der Waals surface area contributed by atoms with Gasteiger partial charge in [0.15, 0.2) is 17.8 Å². The minimum Gasteiger partial charge on any atom is -0.504 e. The van der Waals surface area contributed by atoms with E-state index in [4.69, 9.17) is 4.74 Å². The van der Waals surface area contributed by atoms with Crippen molar-refractivity contribution in [2.75, 3.05) is 6.61 Å².